The second-order valence-corrected chi connectivity index (χ2v) is 11.1. The van der Waals surface area contributed by atoms with Crippen LogP contribution in [0.1, 0.15) is 90.5 Å². The third-order valence-corrected chi connectivity index (χ3v) is 8.31. The number of fused-ring (bicyclic) bond motifs is 1. The lowest BCUT2D eigenvalue weighted by molar-refractivity contribution is -0.0616. The average Bonchev–Trinajstić information content (AvgIpc) is 3.35. The van der Waals surface area contributed by atoms with Crippen molar-refractivity contribution in [2.24, 2.45) is 0 Å². The molecule has 0 aliphatic heterocycles. The molecule has 0 amide bonds. The fraction of sp³-hybridized carbons (Fsp3) is 0.607. The summed E-state index contributed by atoms with van der Waals surface area (Å²) in [6, 6.07) is 10.9. The maximum absolute atomic E-state index is 6.64. The second kappa shape index (κ2) is 14.9. The van der Waals surface area contributed by atoms with Gasteiger partial charge in [-0.3, -0.25) is 4.57 Å². The Kier molecular flexibility index (Phi) is 11.3. The zero-order valence-corrected chi connectivity index (χ0v) is 24.5. The van der Waals surface area contributed by atoms with Gasteiger partial charge in [0.1, 0.15) is 6.23 Å². The van der Waals surface area contributed by atoms with E-state index in [1.54, 1.807) is 6.33 Å². The van der Waals surface area contributed by atoms with Gasteiger partial charge in [-0.25, -0.2) is 10.1 Å². The van der Waals surface area contributed by atoms with E-state index < -0.39 is 8.53 Å². The van der Waals surface area contributed by atoms with Crippen LogP contribution in [-0.2, 0) is 13.8 Å². The molecule has 2 heterocycles. The van der Waals surface area contributed by atoms with Crippen LogP contribution in [0.25, 0.3) is 11.2 Å². The van der Waals surface area contributed by atoms with Crippen molar-refractivity contribution < 1.29 is 18.5 Å². The largest absolute Gasteiger partial charge is 0.476 e. The summed E-state index contributed by atoms with van der Waals surface area (Å²) >= 11 is 0. The monoisotopic (exact) mass is 558 g/mol. The molecule has 0 saturated heterocycles. The van der Waals surface area contributed by atoms with Crippen LogP contribution in [-0.4, -0.2) is 44.9 Å². The van der Waals surface area contributed by atoms with E-state index in [1.165, 1.54) is 12.0 Å². The summed E-state index contributed by atoms with van der Waals surface area (Å²) in [6.07, 6.45) is 8.70. The van der Waals surface area contributed by atoms with Crippen LogP contribution in [0.2, 0.25) is 0 Å². The molecule has 2 aromatic heterocycles. The molecular weight excluding hydrogens is 515 g/mol. The van der Waals surface area contributed by atoms with Gasteiger partial charge in [-0.15, -0.1) is 0 Å². The van der Waals surface area contributed by atoms with Crippen molar-refractivity contribution in [3.63, 3.8) is 0 Å². The van der Waals surface area contributed by atoms with Crippen molar-refractivity contribution in [3.8, 4) is 5.88 Å². The van der Waals surface area contributed by atoms with Gasteiger partial charge in [0.15, 0.2) is 11.2 Å². The lowest BCUT2D eigenvalue weighted by Crippen LogP contribution is -2.33. The third kappa shape index (κ3) is 8.08. The van der Waals surface area contributed by atoms with E-state index >= 15 is 0 Å². The average molecular weight is 559 g/mol. The third-order valence-electron chi connectivity index (χ3n) is 6.91. The number of unbranched alkanes of at least 4 members (excludes halogenated alkanes) is 1. The molecule has 0 spiro atoms. The smallest absolute Gasteiger partial charge is 0.256 e. The van der Waals surface area contributed by atoms with E-state index in [-0.39, 0.29) is 24.4 Å². The number of hydrogen-bond donors (Lipinski definition) is 2. The summed E-state index contributed by atoms with van der Waals surface area (Å²) in [4.78, 5) is 13.0. The fourth-order valence-corrected chi connectivity index (χ4v) is 5.91. The van der Waals surface area contributed by atoms with Crippen LogP contribution in [0, 0.1) is 0 Å². The van der Waals surface area contributed by atoms with E-state index in [0.29, 0.717) is 36.3 Å². The summed E-state index contributed by atoms with van der Waals surface area (Å²) in [6.45, 7) is 9.03. The molecule has 0 radical (unpaired) electrons. The maximum Gasteiger partial charge on any atom is 0.256 e. The SMILES string of the molecule is CCCCC(OP(NC1CCC1)OCC(CC)OC(C)n1cnc2c(OCC)nc(N)nc21)c1ccccc1. The standard InChI is InChI=1S/C28H43N6O4P/c1-5-8-17-24(21-13-10-9-11-14-21)38-39(33-22-15-12-16-22)36-18-23(6-2)37-20(4)34-19-30-25-26(34)31-28(29)32-27(25)35-7-3/h9-11,13-14,19-20,22-24,33H,5-8,12,15-18H2,1-4H3,(H2,29,31,32). The first-order valence-electron chi connectivity index (χ1n) is 14.2. The number of hydrogen-bond acceptors (Lipinski definition) is 9. The summed E-state index contributed by atoms with van der Waals surface area (Å²) in [5.41, 5.74) is 8.26. The van der Waals surface area contributed by atoms with Gasteiger partial charge in [-0.1, -0.05) is 63.4 Å². The lowest BCUT2D eigenvalue weighted by atomic mass is 9.94. The van der Waals surface area contributed by atoms with Crippen LogP contribution < -0.4 is 15.6 Å². The number of nitrogen functional groups attached to an aromatic ring is 1. The summed E-state index contributed by atoms with van der Waals surface area (Å²) in [5.74, 6) is 0.512. The van der Waals surface area contributed by atoms with E-state index in [0.717, 1.165) is 38.5 Å². The number of nitrogens with zero attached hydrogens (tertiary/aromatic N) is 4. The molecule has 4 unspecified atom stereocenters. The molecule has 39 heavy (non-hydrogen) atoms. The molecular formula is C28H43N6O4P. The van der Waals surface area contributed by atoms with Gasteiger partial charge in [0.25, 0.3) is 8.53 Å². The van der Waals surface area contributed by atoms with Crippen molar-refractivity contribution in [2.75, 3.05) is 18.9 Å². The first-order chi connectivity index (χ1) is 19.0. The maximum atomic E-state index is 6.64. The lowest BCUT2D eigenvalue weighted by Gasteiger charge is -2.33. The van der Waals surface area contributed by atoms with Gasteiger partial charge in [-0.2, -0.15) is 9.97 Å². The molecule has 0 bridgehead atoms. The normalized spacial score (nSPS) is 17.0. The zero-order valence-electron chi connectivity index (χ0n) is 23.6. The molecule has 214 valence electrons. The fourth-order valence-electron chi connectivity index (χ4n) is 4.40. The van der Waals surface area contributed by atoms with E-state index in [9.17, 15) is 0 Å². The van der Waals surface area contributed by atoms with Crippen LogP contribution in [0.4, 0.5) is 5.95 Å². The number of imidazole rings is 1. The van der Waals surface area contributed by atoms with Gasteiger partial charge in [0.2, 0.25) is 11.8 Å². The Balaban J connectivity index is 1.42. The van der Waals surface area contributed by atoms with Crippen molar-refractivity contribution in [1.29, 1.82) is 0 Å². The van der Waals surface area contributed by atoms with E-state index in [4.69, 9.17) is 24.3 Å². The molecule has 1 fully saturated rings. The number of nitrogens with one attached hydrogen (secondary N) is 1. The highest BCUT2D eigenvalue weighted by Gasteiger charge is 2.28. The molecule has 3 N–H and O–H groups in total. The predicted octanol–water partition coefficient (Wildman–Crippen LogP) is 6.45. The Morgan fingerprint density at radius 1 is 1.15 bits per heavy atom. The molecule has 1 aliphatic carbocycles. The number of ether oxygens (including phenoxy) is 2. The zero-order chi connectivity index (χ0) is 27.6. The van der Waals surface area contributed by atoms with Crippen LogP contribution in [0.3, 0.4) is 0 Å². The van der Waals surface area contributed by atoms with Crippen LogP contribution in [0.15, 0.2) is 36.7 Å². The molecule has 4 rings (SSSR count). The number of benzene rings is 1. The molecule has 11 heteroatoms. The molecule has 1 aliphatic rings. The topological polar surface area (TPSA) is 119 Å². The number of nitrogens with two attached hydrogens (primary N) is 1. The quantitative estimate of drug-likeness (QED) is 0.180. The number of anilines is 1. The van der Waals surface area contributed by atoms with Gasteiger partial charge >= 0.3 is 0 Å². The van der Waals surface area contributed by atoms with E-state index in [1.807, 2.05) is 24.5 Å². The van der Waals surface area contributed by atoms with Crippen molar-refractivity contribution >= 4 is 25.6 Å². The van der Waals surface area contributed by atoms with Gasteiger partial charge in [0.05, 0.1) is 31.7 Å². The van der Waals surface area contributed by atoms with Crippen molar-refractivity contribution in [3.05, 3.63) is 42.2 Å². The van der Waals surface area contributed by atoms with Gasteiger partial charge in [-0.05, 0) is 45.1 Å². The summed E-state index contributed by atoms with van der Waals surface area (Å²) in [5, 5.41) is 3.64. The first-order valence-corrected chi connectivity index (χ1v) is 15.4. The molecule has 1 saturated carbocycles. The van der Waals surface area contributed by atoms with E-state index in [2.05, 4.69) is 58.2 Å². The van der Waals surface area contributed by atoms with Crippen LogP contribution >= 0.6 is 8.53 Å². The molecule has 10 nitrogen and oxygen atoms in total. The van der Waals surface area contributed by atoms with Crippen molar-refractivity contribution in [2.45, 2.75) is 97.1 Å². The Hall–Kier alpha value is -2.36. The second-order valence-electron chi connectivity index (χ2n) is 9.87. The van der Waals surface area contributed by atoms with Crippen molar-refractivity contribution in [1.82, 2.24) is 24.6 Å². The Morgan fingerprint density at radius 2 is 1.95 bits per heavy atom. The minimum absolute atomic E-state index is 0.00764. The highest BCUT2D eigenvalue weighted by Crippen LogP contribution is 2.44. The Bertz CT molecular complexity index is 1150. The minimum atomic E-state index is -1.29. The predicted molar refractivity (Wildman–Crippen MR) is 154 cm³/mol. The Morgan fingerprint density at radius 3 is 2.62 bits per heavy atom. The first kappa shape index (κ1) is 29.6. The number of rotatable bonds is 17. The van der Waals surface area contributed by atoms with Gasteiger partial charge < -0.3 is 24.3 Å². The minimum Gasteiger partial charge on any atom is -0.476 e. The number of aromatic nitrogens is 4. The molecule has 4 atom stereocenters. The highest BCUT2D eigenvalue weighted by molar-refractivity contribution is 7.45. The Labute approximate surface area is 233 Å². The summed E-state index contributed by atoms with van der Waals surface area (Å²) in [7, 11) is -1.29. The highest BCUT2D eigenvalue weighted by atomic mass is 31.2. The van der Waals surface area contributed by atoms with Crippen LogP contribution in [0.5, 0.6) is 5.88 Å². The summed E-state index contributed by atoms with van der Waals surface area (Å²) < 4.78 is 26.9. The molecule has 3 aromatic rings. The molecule has 1 aromatic carbocycles. The van der Waals surface area contributed by atoms with Gasteiger partial charge in [0, 0.05) is 6.04 Å².